The predicted octanol–water partition coefficient (Wildman–Crippen LogP) is 3.81. The average Bonchev–Trinajstić information content (AvgIpc) is 3.19. The predicted molar refractivity (Wildman–Crippen MR) is 140 cm³/mol. The molecule has 0 aliphatic carbocycles. The summed E-state index contributed by atoms with van der Waals surface area (Å²) in [7, 11) is 1.71. The zero-order valence-corrected chi connectivity index (χ0v) is 21.4. The lowest BCUT2D eigenvalue weighted by Crippen LogP contribution is -2.31. The summed E-state index contributed by atoms with van der Waals surface area (Å²) in [6.45, 7) is 8.28. The normalized spacial score (nSPS) is 14.9. The molecule has 1 aliphatic rings. The van der Waals surface area contributed by atoms with Crippen molar-refractivity contribution in [2.75, 3.05) is 38.6 Å². The summed E-state index contributed by atoms with van der Waals surface area (Å²) in [5, 5.41) is 2.94. The fourth-order valence-corrected chi connectivity index (χ4v) is 4.77. The molecule has 0 saturated carbocycles. The summed E-state index contributed by atoms with van der Waals surface area (Å²) >= 11 is 1.33. The molecule has 1 aliphatic heterocycles. The molecular weight excluding hydrogens is 464 g/mol. The van der Waals surface area contributed by atoms with Crippen molar-refractivity contribution in [2.45, 2.75) is 32.4 Å². The Bertz CT molecular complexity index is 1100. The first-order chi connectivity index (χ1) is 16.8. The van der Waals surface area contributed by atoms with E-state index in [-0.39, 0.29) is 24.1 Å². The zero-order chi connectivity index (χ0) is 25.4. The molecule has 1 N–H and O–H groups in total. The third kappa shape index (κ3) is 7.32. The third-order valence-corrected chi connectivity index (χ3v) is 6.77. The molecule has 0 aromatic heterocycles. The Balaban J connectivity index is 1.51. The summed E-state index contributed by atoms with van der Waals surface area (Å²) in [5.41, 5.74) is 2.07. The van der Waals surface area contributed by atoms with Gasteiger partial charge in [0.15, 0.2) is 5.17 Å². The highest BCUT2D eigenvalue weighted by Gasteiger charge is 2.32. The van der Waals surface area contributed by atoms with Crippen LogP contribution in [0.5, 0.6) is 5.75 Å². The van der Waals surface area contributed by atoms with Crippen LogP contribution in [0, 0.1) is 6.92 Å². The summed E-state index contributed by atoms with van der Waals surface area (Å²) in [5.74, 6) is 0.0126. The van der Waals surface area contributed by atoms with Crippen LogP contribution in [-0.2, 0) is 9.59 Å². The Morgan fingerprint density at radius 3 is 2.57 bits per heavy atom. The van der Waals surface area contributed by atoms with Crippen LogP contribution in [0.15, 0.2) is 53.5 Å². The van der Waals surface area contributed by atoms with Crippen molar-refractivity contribution in [1.29, 1.82) is 0 Å². The number of aliphatic imine (C=N–C) groups is 1. The Kier molecular flexibility index (Phi) is 9.31. The van der Waals surface area contributed by atoms with Gasteiger partial charge in [-0.3, -0.25) is 14.4 Å². The summed E-state index contributed by atoms with van der Waals surface area (Å²) in [6, 6.07) is 14.5. The molecule has 1 heterocycles. The van der Waals surface area contributed by atoms with E-state index in [4.69, 9.17) is 4.74 Å². The van der Waals surface area contributed by atoms with E-state index in [9.17, 15) is 14.4 Å². The van der Waals surface area contributed by atoms with E-state index in [2.05, 4.69) is 10.3 Å². The minimum absolute atomic E-state index is 0.0200. The number of amidine groups is 1. The number of hydrogen-bond donors (Lipinski definition) is 1. The lowest BCUT2D eigenvalue weighted by atomic mass is 10.1. The van der Waals surface area contributed by atoms with Crippen LogP contribution in [-0.4, -0.2) is 71.2 Å². The van der Waals surface area contributed by atoms with Crippen molar-refractivity contribution < 1.29 is 19.1 Å². The highest BCUT2D eigenvalue weighted by atomic mass is 32.2. The van der Waals surface area contributed by atoms with Gasteiger partial charge in [0.05, 0.1) is 6.54 Å². The number of likely N-dealkylation sites (N-methyl/N-ethyl adjacent to an activating group) is 1. The Labute approximate surface area is 210 Å². The molecule has 3 amide bonds. The third-order valence-electron chi connectivity index (χ3n) is 5.56. The fourth-order valence-electron chi connectivity index (χ4n) is 3.58. The van der Waals surface area contributed by atoms with Crippen molar-refractivity contribution in [3.05, 3.63) is 59.7 Å². The summed E-state index contributed by atoms with van der Waals surface area (Å²) < 4.78 is 5.74. The quantitative estimate of drug-likeness (QED) is 0.538. The van der Waals surface area contributed by atoms with Crippen LogP contribution in [0.2, 0.25) is 0 Å². The molecule has 0 spiro atoms. The number of thioether (sulfide) groups is 1. The van der Waals surface area contributed by atoms with Crippen LogP contribution >= 0.6 is 11.8 Å². The fraction of sp³-hybridized carbons (Fsp3) is 0.385. The molecule has 0 saturated heterocycles. The topological polar surface area (TPSA) is 91.3 Å². The first-order valence-electron chi connectivity index (χ1n) is 11.7. The first-order valence-corrected chi connectivity index (χ1v) is 12.6. The second-order valence-corrected chi connectivity index (χ2v) is 9.41. The van der Waals surface area contributed by atoms with Crippen LogP contribution in [0.1, 0.15) is 36.2 Å². The lowest BCUT2D eigenvalue weighted by molar-refractivity contribution is -0.121. The number of hydrogen-bond acceptors (Lipinski definition) is 6. The van der Waals surface area contributed by atoms with Gasteiger partial charge < -0.3 is 19.9 Å². The van der Waals surface area contributed by atoms with E-state index in [0.717, 1.165) is 24.4 Å². The highest BCUT2D eigenvalue weighted by Crippen LogP contribution is 2.27. The molecule has 0 bridgehead atoms. The van der Waals surface area contributed by atoms with E-state index in [1.165, 1.54) is 11.8 Å². The highest BCUT2D eigenvalue weighted by molar-refractivity contribution is 8.15. The number of anilines is 1. The molecule has 1 unspecified atom stereocenters. The van der Waals surface area contributed by atoms with Crippen molar-refractivity contribution in [1.82, 2.24) is 9.80 Å². The number of carbonyl (C=O) groups is 3. The Hall–Kier alpha value is -3.33. The van der Waals surface area contributed by atoms with Crippen molar-refractivity contribution in [3.63, 3.8) is 0 Å². The van der Waals surface area contributed by atoms with Gasteiger partial charge in [-0.1, -0.05) is 30.0 Å². The number of benzene rings is 2. The monoisotopic (exact) mass is 496 g/mol. The van der Waals surface area contributed by atoms with Gasteiger partial charge in [-0.15, -0.1) is 0 Å². The van der Waals surface area contributed by atoms with Gasteiger partial charge in [-0.05, 0) is 56.7 Å². The van der Waals surface area contributed by atoms with Crippen LogP contribution < -0.4 is 10.1 Å². The maximum Gasteiger partial charge on any atom is 0.262 e. The van der Waals surface area contributed by atoms with Gasteiger partial charge >= 0.3 is 0 Å². The molecule has 0 radical (unpaired) electrons. The number of rotatable bonds is 10. The van der Waals surface area contributed by atoms with Gasteiger partial charge in [0.2, 0.25) is 5.91 Å². The standard InChI is InChI=1S/C26H32N4O4S/c1-5-30(6-2)26-28-24(32)22(35-26)17-23(31)27-20-11-8-10-19(16-20)25(33)29(4)13-14-34-21-12-7-9-18(3)15-21/h7-12,15-16,22H,5-6,13-14,17H2,1-4H3,(H,27,31). The average molecular weight is 497 g/mol. The molecular formula is C26H32N4O4S. The van der Waals surface area contributed by atoms with Crippen LogP contribution in [0.4, 0.5) is 5.69 Å². The molecule has 2 aromatic rings. The lowest BCUT2D eigenvalue weighted by Gasteiger charge is -2.19. The molecule has 35 heavy (non-hydrogen) atoms. The second-order valence-electron chi connectivity index (χ2n) is 8.24. The van der Waals surface area contributed by atoms with Crippen molar-refractivity contribution >= 4 is 40.3 Å². The molecule has 9 heteroatoms. The van der Waals surface area contributed by atoms with E-state index in [1.807, 2.05) is 49.9 Å². The maximum absolute atomic E-state index is 12.8. The van der Waals surface area contributed by atoms with E-state index < -0.39 is 5.25 Å². The summed E-state index contributed by atoms with van der Waals surface area (Å²) in [6.07, 6.45) is 0.0200. The Morgan fingerprint density at radius 1 is 1.11 bits per heavy atom. The number of ether oxygens (including phenoxy) is 1. The number of amides is 3. The molecule has 8 nitrogen and oxygen atoms in total. The number of nitrogens with one attached hydrogen (secondary N) is 1. The van der Waals surface area contributed by atoms with Crippen LogP contribution in [0.3, 0.4) is 0 Å². The molecule has 0 fully saturated rings. The van der Waals surface area contributed by atoms with E-state index >= 15 is 0 Å². The van der Waals surface area contributed by atoms with Gasteiger partial charge in [0.1, 0.15) is 17.6 Å². The molecule has 1 atom stereocenters. The van der Waals surface area contributed by atoms with Crippen molar-refractivity contribution in [3.8, 4) is 5.75 Å². The number of nitrogens with zero attached hydrogens (tertiary/aromatic N) is 3. The number of carbonyl (C=O) groups excluding carboxylic acids is 3. The van der Waals surface area contributed by atoms with Gasteiger partial charge in [0, 0.05) is 37.8 Å². The van der Waals surface area contributed by atoms with Gasteiger partial charge in [0.25, 0.3) is 11.8 Å². The van der Waals surface area contributed by atoms with E-state index in [1.54, 1.807) is 36.2 Å². The largest absolute Gasteiger partial charge is 0.492 e. The minimum atomic E-state index is -0.532. The molecule has 186 valence electrons. The zero-order valence-electron chi connectivity index (χ0n) is 20.6. The van der Waals surface area contributed by atoms with E-state index in [0.29, 0.717) is 29.6 Å². The molecule has 3 rings (SSSR count). The summed E-state index contributed by atoms with van der Waals surface area (Å²) in [4.78, 5) is 45.4. The van der Waals surface area contributed by atoms with Gasteiger partial charge in [-0.2, -0.15) is 4.99 Å². The maximum atomic E-state index is 12.8. The first kappa shape index (κ1) is 26.3. The molecule has 2 aromatic carbocycles. The van der Waals surface area contributed by atoms with Crippen LogP contribution in [0.25, 0.3) is 0 Å². The smallest absolute Gasteiger partial charge is 0.262 e. The van der Waals surface area contributed by atoms with Crippen molar-refractivity contribution in [2.24, 2.45) is 4.99 Å². The Morgan fingerprint density at radius 2 is 1.86 bits per heavy atom. The minimum Gasteiger partial charge on any atom is -0.492 e. The SMILES string of the molecule is CCN(CC)C1=NC(=O)C(CC(=O)Nc2cccc(C(=O)N(C)CCOc3cccc(C)c3)c2)S1. The second kappa shape index (κ2) is 12.4. The number of aryl methyl sites for hydroxylation is 1. The van der Waals surface area contributed by atoms with Gasteiger partial charge in [-0.25, -0.2) is 0 Å².